The Hall–Kier alpha value is -2.77. The van der Waals surface area contributed by atoms with Gasteiger partial charge < -0.3 is 14.5 Å². The van der Waals surface area contributed by atoms with Gasteiger partial charge >= 0.3 is 0 Å². The Morgan fingerprint density at radius 3 is 2.54 bits per heavy atom. The van der Waals surface area contributed by atoms with E-state index in [1.54, 1.807) is 12.1 Å². The molecule has 0 bridgehead atoms. The van der Waals surface area contributed by atoms with E-state index in [0.717, 1.165) is 22.0 Å². The van der Waals surface area contributed by atoms with Crippen molar-refractivity contribution in [1.82, 2.24) is 9.29 Å². The standard InChI is InChI=1S/C21H22N2O4S/c1-26-20-8-7-16(13-21(20)27-2)28(24,25)23-11-9-15(10-12-23)18-14-22-19-6-4-3-5-17(18)19/h3-9,13-14,22H,10-12H2,1-2H3. The third kappa shape index (κ3) is 3.16. The second kappa shape index (κ2) is 7.33. The van der Waals surface area contributed by atoms with E-state index in [4.69, 9.17) is 9.47 Å². The van der Waals surface area contributed by atoms with E-state index < -0.39 is 10.0 Å². The van der Waals surface area contributed by atoms with Crippen molar-refractivity contribution in [3.8, 4) is 11.5 Å². The van der Waals surface area contributed by atoms with E-state index in [9.17, 15) is 8.42 Å². The Morgan fingerprint density at radius 2 is 1.82 bits per heavy atom. The highest BCUT2D eigenvalue weighted by molar-refractivity contribution is 7.89. The third-order valence-electron chi connectivity index (χ3n) is 5.10. The number of aromatic nitrogens is 1. The lowest BCUT2D eigenvalue weighted by molar-refractivity contribution is 0.353. The van der Waals surface area contributed by atoms with E-state index >= 15 is 0 Å². The highest BCUT2D eigenvalue weighted by Gasteiger charge is 2.27. The van der Waals surface area contributed by atoms with Gasteiger partial charge in [0.25, 0.3) is 0 Å². The minimum absolute atomic E-state index is 0.203. The molecule has 0 amide bonds. The normalized spacial score (nSPS) is 15.4. The molecule has 1 aliphatic rings. The number of methoxy groups -OCH3 is 2. The molecule has 2 aromatic carbocycles. The summed E-state index contributed by atoms with van der Waals surface area (Å²) in [6.45, 7) is 0.771. The molecule has 0 aliphatic carbocycles. The van der Waals surface area contributed by atoms with Gasteiger partial charge in [-0.1, -0.05) is 24.3 Å². The highest BCUT2D eigenvalue weighted by Crippen LogP contribution is 2.33. The van der Waals surface area contributed by atoms with E-state index in [2.05, 4.69) is 11.1 Å². The van der Waals surface area contributed by atoms with Crippen molar-refractivity contribution in [3.63, 3.8) is 0 Å². The molecule has 0 atom stereocenters. The largest absolute Gasteiger partial charge is 0.493 e. The van der Waals surface area contributed by atoms with Crippen molar-refractivity contribution in [2.75, 3.05) is 27.3 Å². The summed E-state index contributed by atoms with van der Waals surface area (Å²) in [5.41, 5.74) is 3.38. The van der Waals surface area contributed by atoms with Gasteiger partial charge in [0.05, 0.1) is 19.1 Å². The first kappa shape index (κ1) is 18.6. The monoisotopic (exact) mass is 398 g/mol. The number of sulfonamides is 1. The summed E-state index contributed by atoms with van der Waals surface area (Å²) in [5, 5.41) is 1.16. The SMILES string of the molecule is COc1ccc(S(=O)(=O)N2CC=C(c3c[nH]c4ccccc34)CC2)cc1OC. The molecule has 4 rings (SSSR count). The summed E-state index contributed by atoms with van der Waals surface area (Å²) >= 11 is 0. The van der Waals surface area contributed by atoms with Crippen LogP contribution in [0.2, 0.25) is 0 Å². The first-order valence-corrected chi connectivity index (χ1v) is 10.5. The van der Waals surface area contributed by atoms with E-state index in [0.29, 0.717) is 31.0 Å². The first-order chi connectivity index (χ1) is 13.5. The van der Waals surface area contributed by atoms with Gasteiger partial charge in [-0.05, 0) is 30.2 Å². The van der Waals surface area contributed by atoms with Crippen LogP contribution in [0.25, 0.3) is 16.5 Å². The molecule has 0 fully saturated rings. The molecule has 1 aliphatic heterocycles. The zero-order valence-corrected chi connectivity index (χ0v) is 16.6. The number of nitrogens with one attached hydrogen (secondary N) is 1. The average molecular weight is 398 g/mol. The van der Waals surface area contributed by atoms with Gasteiger partial charge in [-0.25, -0.2) is 8.42 Å². The van der Waals surface area contributed by atoms with Crippen LogP contribution in [0.1, 0.15) is 12.0 Å². The van der Waals surface area contributed by atoms with Crippen molar-refractivity contribution >= 4 is 26.5 Å². The van der Waals surface area contributed by atoms with Gasteiger partial charge in [0, 0.05) is 41.8 Å². The van der Waals surface area contributed by atoms with Gasteiger partial charge in [-0.15, -0.1) is 0 Å². The molecule has 0 unspecified atom stereocenters. The molecule has 0 radical (unpaired) electrons. The van der Waals surface area contributed by atoms with E-state index in [-0.39, 0.29) is 4.90 Å². The number of aromatic amines is 1. The van der Waals surface area contributed by atoms with Crippen LogP contribution in [0, 0.1) is 0 Å². The van der Waals surface area contributed by atoms with Crippen LogP contribution in [0.4, 0.5) is 0 Å². The maximum atomic E-state index is 13.1. The van der Waals surface area contributed by atoms with Crippen molar-refractivity contribution in [2.45, 2.75) is 11.3 Å². The third-order valence-corrected chi connectivity index (χ3v) is 6.96. The van der Waals surface area contributed by atoms with Crippen molar-refractivity contribution < 1.29 is 17.9 Å². The van der Waals surface area contributed by atoms with Gasteiger partial charge in [0.15, 0.2) is 11.5 Å². The minimum atomic E-state index is -3.61. The molecular weight excluding hydrogens is 376 g/mol. The second-order valence-electron chi connectivity index (χ2n) is 6.61. The fourth-order valence-electron chi connectivity index (χ4n) is 3.58. The number of ether oxygens (including phenoxy) is 2. The maximum Gasteiger partial charge on any atom is 0.243 e. The average Bonchev–Trinajstić information content (AvgIpc) is 3.17. The second-order valence-corrected chi connectivity index (χ2v) is 8.55. The summed E-state index contributed by atoms with van der Waals surface area (Å²) in [6.07, 6.45) is 4.65. The lowest BCUT2D eigenvalue weighted by Crippen LogP contribution is -2.34. The first-order valence-electron chi connectivity index (χ1n) is 9.02. The number of benzene rings is 2. The Morgan fingerprint density at radius 1 is 1.04 bits per heavy atom. The molecule has 3 aromatic rings. The molecule has 2 heterocycles. The molecule has 6 nitrogen and oxygen atoms in total. The Kier molecular flexibility index (Phi) is 4.87. The molecule has 1 N–H and O–H groups in total. The fraction of sp³-hybridized carbons (Fsp3) is 0.238. The molecule has 1 aromatic heterocycles. The summed E-state index contributed by atoms with van der Waals surface area (Å²) < 4.78 is 38.0. The van der Waals surface area contributed by atoms with Crippen molar-refractivity contribution in [1.29, 1.82) is 0 Å². The Labute approximate surface area is 164 Å². The lowest BCUT2D eigenvalue weighted by Gasteiger charge is -2.26. The Balaban J connectivity index is 1.60. The Bertz CT molecular complexity index is 1150. The number of hydrogen-bond donors (Lipinski definition) is 1. The van der Waals surface area contributed by atoms with Crippen LogP contribution < -0.4 is 9.47 Å². The van der Waals surface area contributed by atoms with Crippen LogP contribution in [-0.2, 0) is 10.0 Å². The zero-order valence-electron chi connectivity index (χ0n) is 15.8. The van der Waals surface area contributed by atoms with Gasteiger partial charge in [0.1, 0.15) is 0 Å². The summed E-state index contributed by atoms with van der Waals surface area (Å²) in [7, 11) is -0.596. The van der Waals surface area contributed by atoms with Crippen molar-refractivity contribution in [2.24, 2.45) is 0 Å². The minimum Gasteiger partial charge on any atom is -0.493 e. The maximum absolute atomic E-state index is 13.1. The molecule has 0 saturated carbocycles. The van der Waals surface area contributed by atoms with Crippen molar-refractivity contribution in [3.05, 3.63) is 60.3 Å². The van der Waals surface area contributed by atoms with Crippen LogP contribution in [0.3, 0.4) is 0 Å². The quantitative estimate of drug-likeness (QED) is 0.712. The predicted octanol–water partition coefficient (Wildman–Crippen LogP) is 3.66. The van der Waals surface area contributed by atoms with Crippen LogP contribution >= 0.6 is 0 Å². The fourth-order valence-corrected chi connectivity index (χ4v) is 4.97. The van der Waals surface area contributed by atoms with Gasteiger partial charge in [-0.2, -0.15) is 4.31 Å². The highest BCUT2D eigenvalue weighted by atomic mass is 32.2. The molecule has 0 spiro atoms. The zero-order chi connectivity index (χ0) is 19.7. The predicted molar refractivity (Wildman–Crippen MR) is 109 cm³/mol. The smallest absolute Gasteiger partial charge is 0.243 e. The molecule has 28 heavy (non-hydrogen) atoms. The topological polar surface area (TPSA) is 71.6 Å². The van der Waals surface area contributed by atoms with E-state index in [1.807, 2.05) is 30.5 Å². The van der Waals surface area contributed by atoms with E-state index in [1.165, 1.54) is 24.6 Å². The number of H-pyrrole nitrogens is 1. The van der Waals surface area contributed by atoms with Crippen LogP contribution in [0.5, 0.6) is 11.5 Å². The summed E-state index contributed by atoms with van der Waals surface area (Å²) in [6, 6.07) is 12.8. The number of hydrogen-bond acceptors (Lipinski definition) is 4. The lowest BCUT2D eigenvalue weighted by atomic mass is 10.00. The number of rotatable bonds is 5. The van der Waals surface area contributed by atoms with Crippen LogP contribution in [0.15, 0.2) is 59.6 Å². The number of nitrogens with zero attached hydrogens (tertiary/aromatic N) is 1. The molecular formula is C21H22N2O4S. The van der Waals surface area contributed by atoms with Gasteiger partial charge in [-0.3, -0.25) is 0 Å². The van der Waals surface area contributed by atoms with Gasteiger partial charge in [0.2, 0.25) is 10.0 Å². The molecule has 146 valence electrons. The summed E-state index contributed by atoms with van der Waals surface area (Å²) in [5.74, 6) is 0.900. The van der Waals surface area contributed by atoms with Crippen LogP contribution in [-0.4, -0.2) is 45.0 Å². The number of para-hydroxylation sites is 1. The summed E-state index contributed by atoms with van der Waals surface area (Å²) in [4.78, 5) is 3.48. The molecule has 7 heteroatoms. The molecule has 0 saturated heterocycles. The number of fused-ring (bicyclic) bond motifs is 1.